The molecule has 1 aliphatic heterocycles. The van der Waals surface area contributed by atoms with Crippen molar-refractivity contribution in [2.45, 2.75) is 145 Å². The summed E-state index contributed by atoms with van der Waals surface area (Å²) in [6, 6.07) is 8.65. The Morgan fingerprint density at radius 3 is 2.10 bits per heavy atom. The number of aliphatic hydroxyl groups excluding tert-OH is 3. The second-order valence-corrected chi connectivity index (χ2v) is 13.6. The Bertz CT molecular complexity index is 1020. The molecule has 292 valence electrons. The molecule has 1 fully saturated rings. The van der Waals surface area contributed by atoms with Crippen molar-refractivity contribution in [2.75, 3.05) is 21.3 Å². The summed E-state index contributed by atoms with van der Waals surface area (Å²) in [5.41, 5.74) is 2.59. The number of aliphatic hydroxyl groups is 3. The number of carbonyl (C=O) groups is 1. The summed E-state index contributed by atoms with van der Waals surface area (Å²) in [6.45, 7) is 22.7. The van der Waals surface area contributed by atoms with Crippen molar-refractivity contribution in [2.24, 2.45) is 23.7 Å². The number of nitrogens with one attached hydrogen (secondary N) is 1. The van der Waals surface area contributed by atoms with Gasteiger partial charge < -0.3 is 35.2 Å². The van der Waals surface area contributed by atoms with E-state index in [1.165, 1.54) is 24.0 Å². The molecule has 0 aliphatic carbocycles. The minimum absolute atomic E-state index is 0.155. The molecule has 1 aliphatic rings. The van der Waals surface area contributed by atoms with E-state index in [0.29, 0.717) is 42.4 Å². The first-order valence-electron chi connectivity index (χ1n) is 18.5. The van der Waals surface area contributed by atoms with E-state index >= 15 is 0 Å². The fraction of sp³-hybridized carbons (Fsp3) is 0.690. The van der Waals surface area contributed by atoms with Crippen LogP contribution in [0.4, 0.5) is 0 Å². The molecule has 0 amide bonds. The van der Waals surface area contributed by atoms with Gasteiger partial charge in [0.1, 0.15) is 5.75 Å². The Hall–Kier alpha value is -2.49. The number of ether oxygens (including phenoxy) is 2. The Balaban J connectivity index is -0.000000677. The standard InChI is InChI=1S/C19H32O3.C13H21NO.C8H16O.2CH4O/c1-5-6-8-16(3)13-17(4)10-7-9-15(2)11-12-18(20)14-19(21)22;1-10(2)11(3)14-9-12-7-5-6-8-13(12)15-4;1-4-5-6(2)8-7(3)9-8;2*1-2/h5-8,10,15,17-18,20H,9,11-14H2,1-4H3,(H,21,22);5-8,10-11,14H,9H2,1-4H3;6-8H,4-5H2,1-3H3;2*2H,1H3/b6-5+,10-7+,16-8+;;;;/t;;6-,7?,8?;;/m..1../s1. The highest BCUT2D eigenvalue weighted by atomic mass is 16.6. The van der Waals surface area contributed by atoms with Gasteiger partial charge in [-0.3, -0.25) is 4.79 Å². The zero-order valence-corrected chi connectivity index (χ0v) is 34.0. The van der Waals surface area contributed by atoms with Gasteiger partial charge in [0.15, 0.2) is 0 Å². The number of rotatable bonds is 19. The Morgan fingerprint density at radius 1 is 1.00 bits per heavy atom. The predicted molar refractivity (Wildman–Crippen MR) is 212 cm³/mol. The molecule has 0 radical (unpaired) electrons. The maximum Gasteiger partial charge on any atom is 0.305 e. The molecular weight excluding hydrogens is 630 g/mol. The minimum Gasteiger partial charge on any atom is -0.496 e. The molecule has 1 saturated heterocycles. The first kappa shape index (κ1) is 51.9. The average Bonchev–Trinajstić information content (AvgIpc) is 3.84. The van der Waals surface area contributed by atoms with Gasteiger partial charge in [0.25, 0.3) is 0 Å². The van der Waals surface area contributed by atoms with Gasteiger partial charge in [-0.15, -0.1) is 0 Å². The highest BCUT2D eigenvalue weighted by Gasteiger charge is 2.38. The molecule has 2 rings (SSSR count). The first-order valence-corrected chi connectivity index (χ1v) is 18.5. The molecule has 8 heteroatoms. The Morgan fingerprint density at radius 2 is 1.60 bits per heavy atom. The van der Waals surface area contributed by atoms with Gasteiger partial charge in [-0.2, -0.15) is 0 Å². The number of hydrogen-bond acceptors (Lipinski definition) is 7. The normalized spacial score (nSPS) is 18.1. The van der Waals surface area contributed by atoms with Gasteiger partial charge in [0, 0.05) is 32.4 Å². The quantitative estimate of drug-likeness (QED) is 0.0547. The maximum absolute atomic E-state index is 10.5. The van der Waals surface area contributed by atoms with E-state index in [9.17, 15) is 9.90 Å². The van der Waals surface area contributed by atoms with Crippen molar-refractivity contribution in [1.29, 1.82) is 0 Å². The lowest BCUT2D eigenvalue weighted by Gasteiger charge is -2.18. The average molecular weight is 708 g/mol. The summed E-state index contributed by atoms with van der Waals surface area (Å²) in [7, 11) is 3.71. The van der Waals surface area contributed by atoms with E-state index in [1.54, 1.807) is 7.11 Å². The number of para-hydroxylation sites is 1. The topological polar surface area (TPSA) is 132 Å². The van der Waals surface area contributed by atoms with Gasteiger partial charge in [-0.1, -0.05) is 102 Å². The minimum atomic E-state index is -0.935. The summed E-state index contributed by atoms with van der Waals surface area (Å²) in [6.07, 6.45) is 17.0. The van der Waals surface area contributed by atoms with E-state index in [-0.39, 0.29) is 6.42 Å². The van der Waals surface area contributed by atoms with Gasteiger partial charge >= 0.3 is 5.97 Å². The summed E-state index contributed by atoms with van der Waals surface area (Å²) in [5, 5.41) is 35.6. The number of epoxide rings is 1. The van der Waals surface area contributed by atoms with Crippen LogP contribution in [0.5, 0.6) is 5.75 Å². The largest absolute Gasteiger partial charge is 0.496 e. The second kappa shape index (κ2) is 33.6. The van der Waals surface area contributed by atoms with Gasteiger partial charge in [-0.25, -0.2) is 0 Å². The Kier molecular flexibility index (Phi) is 34.9. The van der Waals surface area contributed by atoms with Crippen LogP contribution in [0.2, 0.25) is 0 Å². The van der Waals surface area contributed by atoms with Crippen molar-refractivity contribution in [1.82, 2.24) is 5.32 Å². The molecule has 1 aromatic rings. The number of aliphatic carboxylic acids is 1. The van der Waals surface area contributed by atoms with Crippen molar-refractivity contribution in [3.63, 3.8) is 0 Å². The fourth-order valence-corrected chi connectivity index (χ4v) is 5.12. The highest BCUT2D eigenvalue weighted by molar-refractivity contribution is 5.67. The smallest absolute Gasteiger partial charge is 0.305 e. The first-order chi connectivity index (χ1) is 23.7. The zero-order valence-electron chi connectivity index (χ0n) is 34.0. The van der Waals surface area contributed by atoms with Crippen molar-refractivity contribution in [3.8, 4) is 5.75 Å². The number of hydrogen-bond donors (Lipinski definition) is 5. The highest BCUT2D eigenvalue weighted by Crippen LogP contribution is 2.31. The third-order valence-electron chi connectivity index (χ3n) is 8.49. The molecule has 0 saturated carbocycles. The molecule has 8 nitrogen and oxygen atoms in total. The molecule has 5 N–H and O–H groups in total. The summed E-state index contributed by atoms with van der Waals surface area (Å²) < 4.78 is 10.6. The summed E-state index contributed by atoms with van der Waals surface area (Å²) in [4.78, 5) is 10.5. The molecular formula is C42H77NO7. The van der Waals surface area contributed by atoms with Crippen LogP contribution in [0.1, 0.15) is 120 Å². The molecule has 0 spiro atoms. The van der Waals surface area contributed by atoms with Crippen molar-refractivity contribution >= 4 is 5.97 Å². The van der Waals surface area contributed by atoms with Gasteiger partial charge in [-0.05, 0) is 89.5 Å². The van der Waals surface area contributed by atoms with Crippen LogP contribution >= 0.6 is 0 Å². The zero-order chi connectivity index (χ0) is 39.1. The van der Waals surface area contributed by atoms with E-state index in [1.807, 2.05) is 31.2 Å². The van der Waals surface area contributed by atoms with Crippen LogP contribution in [-0.4, -0.2) is 72.1 Å². The summed E-state index contributed by atoms with van der Waals surface area (Å²) in [5.74, 6) is 2.44. The number of carboxylic acid groups (broad SMARTS) is 1. The molecule has 7 atom stereocenters. The molecule has 1 heterocycles. The van der Waals surface area contributed by atoms with E-state index in [2.05, 4.69) is 98.0 Å². The number of benzene rings is 1. The van der Waals surface area contributed by atoms with Crippen LogP contribution in [0, 0.1) is 23.7 Å². The third kappa shape index (κ3) is 29.3. The third-order valence-corrected chi connectivity index (χ3v) is 8.49. The number of methoxy groups -OCH3 is 1. The lowest BCUT2D eigenvalue weighted by atomic mass is 9.96. The predicted octanol–water partition coefficient (Wildman–Crippen LogP) is 8.99. The lowest BCUT2D eigenvalue weighted by molar-refractivity contribution is -0.139. The van der Waals surface area contributed by atoms with Crippen molar-refractivity contribution in [3.05, 3.63) is 65.8 Å². The van der Waals surface area contributed by atoms with E-state index in [0.717, 1.165) is 51.7 Å². The number of carboxylic acids is 1. The van der Waals surface area contributed by atoms with Gasteiger partial charge in [0.2, 0.25) is 0 Å². The van der Waals surface area contributed by atoms with Crippen LogP contribution < -0.4 is 10.1 Å². The van der Waals surface area contributed by atoms with Crippen LogP contribution in [0.25, 0.3) is 0 Å². The molecule has 1 aromatic carbocycles. The van der Waals surface area contributed by atoms with Crippen LogP contribution in [0.15, 0.2) is 60.2 Å². The maximum atomic E-state index is 10.5. The summed E-state index contributed by atoms with van der Waals surface area (Å²) >= 11 is 0. The fourth-order valence-electron chi connectivity index (χ4n) is 5.12. The SMILES string of the molecule is C/C=C/C=C(\C)CC(C)/C=C/CC(C)CCC(O)CC(=O)O.CCC[C@@H](C)C1OC1C.CO.CO.COc1ccccc1CNC(C)C(C)C. The molecule has 0 bridgehead atoms. The van der Waals surface area contributed by atoms with E-state index < -0.39 is 12.1 Å². The van der Waals surface area contributed by atoms with Crippen LogP contribution in [-0.2, 0) is 16.1 Å². The number of allylic oxidation sites excluding steroid dienone is 6. The molecule has 50 heavy (non-hydrogen) atoms. The van der Waals surface area contributed by atoms with Gasteiger partial charge in [0.05, 0.1) is 31.8 Å². The Labute approximate surface area is 307 Å². The molecule has 6 unspecified atom stereocenters. The van der Waals surface area contributed by atoms with Crippen molar-refractivity contribution < 1.29 is 34.7 Å². The molecule has 0 aromatic heterocycles. The monoisotopic (exact) mass is 708 g/mol. The lowest BCUT2D eigenvalue weighted by Crippen LogP contribution is -2.30. The van der Waals surface area contributed by atoms with Crippen LogP contribution in [0.3, 0.4) is 0 Å². The second-order valence-electron chi connectivity index (χ2n) is 13.6. The van der Waals surface area contributed by atoms with E-state index in [4.69, 9.17) is 24.8 Å².